The third-order valence-corrected chi connectivity index (χ3v) is 5.91. The maximum absolute atomic E-state index is 13.2. The minimum atomic E-state index is -0.166. The van der Waals surface area contributed by atoms with Crippen LogP contribution >= 0.6 is 0 Å². The van der Waals surface area contributed by atoms with E-state index < -0.39 is 0 Å². The van der Waals surface area contributed by atoms with Gasteiger partial charge in [0.05, 0.1) is 12.6 Å². The van der Waals surface area contributed by atoms with Crippen LogP contribution in [0.1, 0.15) is 41.7 Å². The van der Waals surface area contributed by atoms with E-state index in [9.17, 15) is 9.59 Å². The normalized spacial score (nSPS) is 14.0. The highest BCUT2D eigenvalue weighted by Crippen LogP contribution is 2.27. The van der Waals surface area contributed by atoms with Crippen molar-refractivity contribution in [1.82, 2.24) is 14.7 Å². The molecule has 6 nitrogen and oxygen atoms in total. The monoisotopic (exact) mass is 417 g/mol. The zero-order chi connectivity index (χ0) is 21.8. The van der Waals surface area contributed by atoms with Gasteiger partial charge in [0.1, 0.15) is 18.0 Å². The molecule has 0 saturated heterocycles. The van der Waals surface area contributed by atoms with E-state index in [1.165, 1.54) is 0 Å². The summed E-state index contributed by atoms with van der Waals surface area (Å²) >= 11 is 0. The van der Waals surface area contributed by atoms with Crippen molar-refractivity contribution in [1.29, 1.82) is 0 Å². The van der Waals surface area contributed by atoms with Crippen LogP contribution in [0.5, 0.6) is 5.75 Å². The standard InChI is InChI=1S/C25H27N3O3/c1-3-15-27(19-11-7-8-12-19)23(29)17-28-22-16-20(31-2)13-14-21(22)24(26-28)25(30)18-9-5-4-6-10-18/h3-6,9-10,13-14,16,19H,1,7-8,11-12,15,17H2,2H3. The van der Waals surface area contributed by atoms with Crippen molar-refractivity contribution in [2.75, 3.05) is 13.7 Å². The second kappa shape index (κ2) is 9.16. The Morgan fingerprint density at radius 1 is 1.19 bits per heavy atom. The molecule has 6 heteroatoms. The van der Waals surface area contributed by atoms with Gasteiger partial charge in [-0.15, -0.1) is 6.58 Å². The van der Waals surface area contributed by atoms with Gasteiger partial charge < -0.3 is 9.64 Å². The van der Waals surface area contributed by atoms with Gasteiger partial charge in [-0.1, -0.05) is 49.2 Å². The SMILES string of the molecule is C=CCN(C(=O)Cn1nc(C(=O)c2ccccc2)c2ccc(OC)cc21)C1CCCC1. The van der Waals surface area contributed by atoms with Crippen molar-refractivity contribution < 1.29 is 14.3 Å². The van der Waals surface area contributed by atoms with Crippen molar-refractivity contribution in [3.8, 4) is 5.75 Å². The van der Waals surface area contributed by atoms with Crippen molar-refractivity contribution in [2.45, 2.75) is 38.3 Å². The molecule has 1 heterocycles. The van der Waals surface area contributed by atoms with Crippen LogP contribution < -0.4 is 4.74 Å². The predicted octanol–water partition coefficient (Wildman–Crippen LogP) is 4.23. The van der Waals surface area contributed by atoms with Gasteiger partial charge in [0.2, 0.25) is 11.7 Å². The van der Waals surface area contributed by atoms with Gasteiger partial charge >= 0.3 is 0 Å². The quantitative estimate of drug-likeness (QED) is 0.406. The molecular formula is C25H27N3O3. The van der Waals surface area contributed by atoms with Gasteiger partial charge in [-0.05, 0) is 25.0 Å². The van der Waals surface area contributed by atoms with E-state index in [1.54, 1.807) is 36.1 Å². The molecule has 0 radical (unpaired) electrons. The molecule has 1 aromatic heterocycles. The molecule has 0 bridgehead atoms. The summed E-state index contributed by atoms with van der Waals surface area (Å²) in [6.07, 6.45) is 6.09. The second-order valence-corrected chi connectivity index (χ2v) is 7.86. The number of carbonyl (C=O) groups is 2. The highest BCUT2D eigenvalue weighted by atomic mass is 16.5. The summed E-state index contributed by atoms with van der Waals surface area (Å²) in [5.74, 6) is 0.469. The van der Waals surface area contributed by atoms with Crippen LogP contribution in [0.4, 0.5) is 0 Å². The first-order valence-electron chi connectivity index (χ1n) is 10.7. The number of ether oxygens (including phenoxy) is 1. The zero-order valence-electron chi connectivity index (χ0n) is 17.8. The molecule has 1 amide bonds. The number of methoxy groups -OCH3 is 1. The third kappa shape index (κ3) is 4.24. The Morgan fingerprint density at radius 3 is 2.61 bits per heavy atom. The molecule has 0 atom stereocenters. The molecule has 1 aliphatic carbocycles. The maximum Gasteiger partial charge on any atom is 0.244 e. The second-order valence-electron chi connectivity index (χ2n) is 7.86. The molecule has 2 aromatic carbocycles. The number of ketones is 1. The van der Waals surface area contributed by atoms with Gasteiger partial charge in [-0.3, -0.25) is 14.3 Å². The van der Waals surface area contributed by atoms with Gasteiger partial charge in [0.15, 0.2) is 0 Å². The lowest BCUT2D eigenvalue weighted by atomic mass is 10.1. The Bertz CT molecular complexity index is 1100. The Labute approximate surface area is 182 Å². The van der Waals surface area contributed by atoms with Crippen LogP contribution in [-0.2, 0) is 11.3 Å². The average Bonchev–Trinajstić information content (AvgIpc) is 3.46. The van der Waals surface area contributed by atoms with Crippen LogP contribution in [0.2, 0.25) is 0 Å². The summed E-state index contributed by atoms with van der Waals surface area (Å²) in [6, 6.07) is 14.8. The summed E-state index contributed by atoms with van der Waals surface area (Å²) in [4.78, 5) is 28.3. The number of amides is 1. The molecular weight excluding hydrogens is 390 g/mol. The lowest BCUT2D eigenvalue weighted by Gasteiger charge is -2.28. The van der Waals surface area contributed by atoms with Gasteiger partial charge in [-0.25, -0.2) is 0 Å². The first-order chi connectivity index (χ1) is 15.1. The minimum Gasteiger partial charge on any atom is -0.497 e. The fraction of sp³-hybridized carbons (Fsp3) is 0.320. The molecule has 3 aromatic rings. The number of aromatic nitrogens is 2. The van der Waals surface area contributed by atoms with E-state index in [-0.39, 0.29) is 24.3 Å². The highest BCUT2D eigenvalue weighted by molar-refractivity contribution is 6.15. The van der Waals surface area contributed by atoms with E-state index in [4.69, 9.17) is 4.74 Å². The van der Waals surface area contributed by atoms with Crippen LogP contribution in [0, 0.1) is 0 Å². The number of hydrogen-bond acceptors (Lipinski definition) is 4. The first-order valence-corrected chi connectivity index (χ1v) is 10.7. The summed E-state index contributed by atoms with van der Waals surface area (Å²) in [7, 11) is 1.59. The molecule has 0 unspecified atom stereocenters. The number of fused-ring (bicyclic) bond motifs is 1. The Kier molecular flexibility index (Phi) is 6.16. The van der Waals surface area contributed by atoms with Gasteiger partial charge in [0.25, 0.3) is 0 Å². The summed E-state index contributed by atoms with van der Waals surface area (Å²) < 4.78 is 7.00. The topological polar surface area (TPSA) is 64.4 Å². The number of carbonyl (C=O) groups excluding carboxylic acids is 2. The predicted molar refractivity (Wildman–Crippen MR) is 120 cm³/mol. The lowest BCUT2D eigenvalue weighted by Crippen LogP contribution is -2.41. The van der Waals surface area contributed by atoms with Crippen LogP contribution in [0.15, 0.2) is 61.2 Å². The Balaban J connectivity index is 1.71. The average molecular weight is 418 g/mol. The first kappa shape index (κ1) is 20.8. The van der Waals surface area contributed by atoms with E-state index in [1.807, 2.05) is 35.2 Å². The fourth-order valence-electron chi connectivity index (χ4n) is 4.32. The van der Waals surface area contributed by atoms with Gasteiger partial charge in [0, 0.05) is 29.6 Å². The van der Waals surface area contributed by atoms with Gasteiger partial charge in [-0.2, -0.15) is 5.10 Å². The number of rotatable bonds is 8. The van der Waals surface area contributed by atoms with E-state index in [2.05, 4.69) is 11.7 Å². The smallest absolute Gasteiger partial charge is 0.244 e. The molecule has 31 heavy (non-hydrogen) atoms. The van der Waals surface area contributed by atoms with Crippen molar-refractivity contribution in [3.63, 3.8) is 0 Å². The zero-order valence-corrected chi connectivity index (χ0v) is 17.8. The summed E-state index contributed by atoms with van der Waals surface area (Å²) in [6.45, 7) is 4.40. The molecule has 4 rings (SSSR count). The fourth-order valence-corrected chi connectivity index (χ4v) is 4.32. The van der Waals surface area contributed by atoms with Crippen LogP contribution in [-0.4, -0.2) is 46.1 Å². The molecule has 1 fully saturated rings. The van der Waals surface area contributed by atoms with Crippen LogP contribution in [0.25, 0.3) is 10.9 Å². The number of benzene rings is 2. The molecule has 1 saturated carbocycles. The molecule has 160 valence electrons. The van der Waals surface area contributed by atoms with E-state index in [0.717, 1.165) is 25.7 Å². The van der Waals surface area contributed by atoms with Crippen molar-refractivity contribution in [2.24, 2.45) is 0 Å². The Hall–Kier alpha value is -3.41. The van der Waals surface area contributed by atoms with E-state index >= 15 is 0 Å². The van der Waals surface area contributed by atoms with E-state index in [0.29, 0.717) is 34.5 Å². The molecule has 1 aliphatic rings. The van der Waals surface area contributed by atoms with Crippen LogP contribution in [0.3, 0.4) is 0 Å². The number of hydrogen-bond donors (Lipinski definition) is 0. The summed E-state index contributed by atoms with van der Waals surface area (Å²) in [5.41, 5.74) is 1.61. The molecule has 0 spiro atoms. The highest BCUT2D eigenvalue weighted by Gasteiger charge is 2.27. The Morgan fingerprint density at radius 2 is 1.94 bits per heavy atom. The molecule has 0 aliphatic heterocycles. The lowest BCUT2D eigenvalue weighted by molar-refractivity contribution is -0.133. The van der Waals surface area contributed by atoms with Crippen molar-refractivity contribution in [3.05, 3.63) is 72.4 Å². The third-order valence-electron chi connectivity index (χ3n) is 5.91. The summed E-state index contributed by atoms with van der Waals surface area (Å²) in [5, 5.41) is 5.30. The maximum atomic E-state index is 13.2. The largest absolute Gasteiger partial charge is 0.497 e. The van der Waals surface area contributed by atoms with Crippen molar-refractivity contribution >= 4 is 22.6 Å². The number of nitrogens with zero attached hydrogens (tertiary/aromatic N) is 3. The minimum absolute atomic E-state index is 0.0160. The molecule has 0 N–H and O–H groups in total.